The van der Waals surface area contributed by atoms with E-state index in [1.807, 2.05) is 24.3 Å². The number of ether oxygens (including phenoxy) is 2. The van der Waals surface area contributed by atoms with E-state index in [0.717, 1.165) is 23.1 Å². The van der Waals surface area contributed by atoms with Crippen molar-refractivity contribution >= 4 is 5.97 Å². The quantitative estimate of drug-likeness (QED) is 0.747. The zero-order chi connectivity index (χ0) is 17.2. The molecule has 0 spiro atoms. The van der Waals surface area contributed by atoms with E-state index in [0.29, 0.717) is 24.1 Å². The van der Waals surface area contributed by atoms with Crippen LogP contribution in [-0.2, 0) is 16.1 Å². The third kappa shape index (κ3) is 3.52. The Morgan fingerprint density at radius 3 is 2.72 bits per heavy atom. The molecule has 3 atom stereocenters. The minimum absolute atomic E-state index is 0.0306. The minimum atomic E-state index is -0.165. The predicted molar refractivity (Wildman–Crippen MR) is 89.6 cm³/mol. The molecule has 0 aliphatic heterocycles. The van der Waals surface area contributed by atoms with E-state index < -0.39 is 0 Å². The third-order valence-corrected chi connectivity index (χ3v) is 5.47. The minimum Gasteiger partial charge on any atom is -0.497 e. The summed E-state index contributed by atoms with van der Waals surface area (Å²) in [6.07, 6.45) is 5.61. The lowest BCUT2D eigenvalue weighted by Gasteiger charge is -2.20. The van der Waals surface area contributed by atoms with E-state index in [4.69, 9.17) is 13.9 Å². The van der Waals surface area contributed by atoms with Crippen LogP contribution in [0.3, 0.4) is 0 Å². The molecule has 2 bridgehead atoms. The topological polar surface area (TPSA) is 74.5 Å². The molecule has 2 aliphatic carbocycles. The van der Waals surface area contributed by atoms with Gasteiger partial charge in [-0.2, -0.15) is 0 Å². The maximum absolute atomic E-state index is 12.1. The van der Waals surface area contributed by atoms with Crippen LogP contribution in [0.5, 0.6) is 5.75 Å². The van der Waals surface area contributed by atoms with E-state index in [1.54, 1.807) is 7.11 Å². The molecule has 1 heterocycles. The number of methoxy groups -OCH3 is 1. The van der Waals surface area contributed by atoms with Gasteiger partial charge < -0.3 is 13.9 Å². The van der Waals surface area contributed by atoms with Crippen LogP contribution >= 0.6 is 0 Å². The Morgan fingerprint density at radius 1 is 1.20 bits per heavy atom. The second kappa shape index (κ2) is 6.86. The van der Waals surface area contributed by atoms with E-state index in [1.165, 1.54) is 25.7 Å². The van der Waals surface area contributed by atoms with Gasteiger partial charge in [0.15, 0.2) is 6.61 Å². The van der Waals surface area contributed by atoms with Crippen LogP contribution in [-0.4, -0.2) is 23.3 Å². The van der Waals surface area contributed by atoms with Gasteiger partial charge in [0.1, 0.15) is 5.75 Å². The number of esters is 1. The molecule has 0 N–H and O–H groups in total. The highest BCUT2D eigenvalue weighted by molar-refractivity contribution is 5.69. The lowest BCUT2D eigenvalue weighted by Crippen LogP contribution is -2.17. The van der Waals surface area contributed by atoms with Crippen LogP contribution in [0.1, 0.15) is 38.0 Å². The average Bonchev–Trinajstić information content (AvgIpc) is 3.37. The molecule has 3 unspecified atom stereocenters. The van der Waals surface area contributed by atoms with Crippen LogP contribution in [0.25, 0.3) is 11.5 Å². The number of benzene rings is 1. The Morgan fingerprint density at radius 2 is 2.04 bits per heavy atom. The molecule has 0 amide bonds. The van der Waals surface area contributed by atoms with Crippen molar-refractivity contribution in [3.05, 3.63) is 30.2 Å². The summed E-state index contributed by atoms with van der Waals surface area (Å²) >= 11 is 0. The Balaban J connectivity index is 1.29. The number of nitrogens with zero attached hydrogens (tertiary/aromatic N) is 2. The Kier molecular flexibility index (Phi) is 4.42. The van der Waals surface area contributed by atoms with Crippen LogP contribution in [0.4, 0.5) is 0 Å². The molecule has 2 aromatic rings. The normalized spacial score (nSPS) is 24.4. The molecular weight excluding hydrogens is 320 g/mol. The van der Waals surface area contributed by atoms with Gasteiger partial charge in [-0.25, -0.2) is 0 Å². The number of fused-ring (bicyclic) bond motifs is 2. The summed E-state index contributed by atoms with van der Waals surface area (Å²) in [5.74, 6) is 3.38. The van der Waals surface area contributed by atoms with Gasteiger partial charge in [-0.1, -0.05) is 6.42 Å². The van der Waals surface area contributed by atoms with Crippen molar-refractivity contribution in [1.29, 1.82) is 0 Å². The summed E-state index contributed by atoms with van der Waals surface area (Å²) in [6.45, 7) is 0.0306. The summed E-state index contributed by atoms with van der Waals surface area (Å²) in [5, 5.41) is 7.96. The summed E-state index contributed by atoms with van der Waals surface area (Å²) in [5.41, 5.74) is 0.799. The Labute approximate surface area is 146 Å². The summed E-state index contributed by atoms with van der Waals surface area (Å²) in [6, 6.07) is 7.34. The first kappa shape index (κ1) is 16.1. The van der Waals surface area contributed by atoms with Crippen molar-refractivity contribution in [3.63, 3.8) is 0 Å². The molecule has 25 heavy (non-hydrogen) atoms. The first-order valence-electron chi connectivity index (χ1n) is 8.83. The van der Waals surface area contributed by atoms with Gasteiger partial charge in [-0.15, -0.1) is 10.2 Å². The van der Waals surface area contributed by atoms with Crippen molar-refractivity contribution in [3.8, 4) is 17.2 Å². The van der Waals surface area contributed by atoms with Gasteiger partial charge >= 0.3 is 5.97 Å². The first-order chi connectivity index (χ1) is 12.2. The van der Waals surface area contributed by atoms with Gasteiger partial charge in [-0.3, -0.25) is 4.79 Å². The van der Waals surface area contributed by atoms with Crippen molar-refractivity contribution in [2.45, 2.75) is 38.7 Å². The molecule has 4 rings (SSSR count). The number of carbonyl (C=O) groups excluding carboxylic acids is 1. The number of carbonyl (C=O) groups is 1. The lowest BCUT2D eigenvalue weighted by molar-refractivity contribution is -0.147. The van der Waals surface area contributed by atoms with E-state index >= 15 is 0 Å². The third-order valence-electron chi connectivity index (χ3n) is 5.47. The fourth-order valence-electron chi connectivity index (χ4n) is 4.20. The van der Waals surface area contributed by atoms with Crippen molar-refractivity contribution in [1.82, 2.24) is 10.2 Å². The van der Waals surface area contributed by atoms with E-state index in [9.17, 15) is 4.79 Å². The second-order valence-corrected chi connectivity index (χ2v) is 7.03. The lowest BCUT2D eigenvalue weighted by atomic mass is 9.86. The molecule has 132 valence electrons. The molecule has 2 fully saturated rings. The monoisotopic (exact) mass is 342 g/mol. The largest absolute Gasteiger partial charge is 0.497 e. The average molecular weight is 342 g/mol. The second-order valence-electron chi connectivity index (χ2n) is 7.03. The fourth-order valence-corrected chi connectivity index (χ4v) is 4.20. The molecule has 0 saturated heterocycles. The molecule has 6 nitrogen and oxygen atoms in total. The smallest absolute Gasteiger partial charge is 0.306 e. The number of aromatic nitrogens is 2. The molecule has 1 aromatic heterocycles. The Hall–Kier alpha value is -2.37. The van der Waals surface area contributed by atoms with Gasteiger partial charge in [-0.05, 0) is 61.3 Å². The maximum atomic E-state index is 12.1. The Bertz CT molecular complexity index is 740. The molecule has 2 aliphatic rings. The van der Waals surface area contributed by atoms with Crippen molar-refractivity contribution in [2.24, 2.45) is 17.8 Å². The van der Waals surface area contributed by atoms with E-state index in [2.05, 4.69) is 10.2 Å². The molecule has 2 saturated carbocycles. The number of hydrogen-bond acceptors (Lipinski definition) is 6. The standard InChI is InChI=1S/C19H22N2O4/c1-23-16-6-4-13(5-7-16)19-21-20-17(25-19)11-24-18(22)10-15-9-12-2-3-14(15)8-12/h4-7,12,14-15H,2-3,8-11H2,1H3. The highest BCUT2D eigenvalue weighted by Gasteiger charge is 2.40. The molecular formula is C19H22N2O4. The van der Waals surface area contributed by atoms with Gasteiger partial charge in [0.25, 0.3) is 5.89 Å². The zero-order valence-electron chi connectivity index (χ0n) is 14.3. The predicted octanol–water partition coefficient (Wildman–Crippen LogP) is 3.61. The van der Waals surface area contributed by atoms with Crippen LogP contribution in [0.15, 0.2) is 28.7 Å². The van der Waals surface area contributed by atoms with Crippen molar-refractivity contribution in [2.75, 3.05) is 7.11 Å². The van der Waals surface area contributed by atoms with Gasteiger partial charge in [0, 0.05) is 12.0 Å². The van der Waals surface area contributed by atoms with Gasteiger partial charge in [0.05, 0.1) is 7.11 Å². The summed E-state index contributed by atoms with van der Waals surface area (Å²) < 4.78 is 16.0. The van der Waals surface area contributed by atoms with Crippen LogP contribution < -0.4 is 4.74 Å². The highest BCUT2D eigenvalue weighted by atomic mass is 16.5. The molecule has 1 aromatic carbocycles. The molecule has 6 heteroatoms. The van der Waals surface area contributed by atoms with Crippen LogP contribution in [0, 0.1) is 17.8 Å². The SMILES string of the molecule is COc1ccc(-c2nnc(COC(=O)CC3CC4CCC3C4)o2)cc1. The first-order valence-corrected chi connectivity index (χ1v) is 8.83. The maximum Gasteiger partial charge on any atom is 0.306 e. The highest BCUT2D eigenvalue weighted by Crippen LogP contribution is 2.49. The fraction of sp³-hybridized carbons (Fsp3) is 0.526. The number of hydrogen-bond donors (Lipinski definition) is 0. The zero-order valence-corrected chi connectivity index (χ0v) is 14.3. The summed E-state index contributed by atoms with van der Waals surface area (Å²) in [7, 11) is 1.62. The number of rotatable bonds is 6. The van der Waals surface area contributed by atoms with Crippen molar-refractivity contribution < 1.29 is 18.7 Å². The molecule has 0 radical (unpaired) electrons. The van der Waals surface area contributed by atoms with Crippen LogP contribution in [0.2, 0.25) is 0 Å². The van der Waals surface area contributed by atoms with Gasteiger partial charge in [0.2, 0.25) is 5.89 Å². The van der Waals surface area contributed by atoms with E-state index in [-0.39, 0.29) is 12.6 Å². The summed E-state index contributed by atoms with van der Waals surface area (Å²) in [4.78, 5) is 12.1.